The largest absolute Gasteiger partial charge is 0.381 e. The van der Waals surface area contributed by atoms with Crippen molar-refractivity contribution in [2.24, 2.45) is 5.73 Å². The molecule has 1 aromatic rings. The Kier molecular flexibility index (Phi) is 2.71. The zero-order valence-corrected chi connectivity index (χ0v) is 8.30. The van der Waals surface area contributed by atoms with E-state index in [-0.39, 0.29) is 5.56 Å². The molecule has 2 rings (SSSR count). The number of halogens is 2. The molecule has 0 atom stereocenters. The van der Waals surface area contributed by atoms with Crippen LogP contribution in [0, 0.1) is 11.6 Å². The molecule has 1 aliphatic rings. The van der Waals surface area contributed by atoms with Crippen LogP contribution in [0.5, 0.6) is 0 Å². The van der Waals surface area contributed by atoms with Gasteiger partial charge in [-0.3, -0.25) is 0 Å². The smallest absolute Gasteiger partial charge is 0.128 e. The molecule has 82 valence electrons. The number of ether oxygens (including phenoxy) is 1. The van der Waals surface area contributed by atoms with E-state index < -0.39 is 17.2 Å². The van der Waals surface area contributed by atoms with Crippen molar-refractivity contribution in [2.75, 3.05) is 13.2 Å². The molecule has 2 N–H and O–H groups in total. The third kappa shape index (κ3) is 2.01. The van der Waals surface area contributed by atoms with E-state index >= 15 is 0 Å². The fourth-order valence-corrected chi connectivity index (χ4v) is 1.88. The van der Waals surface area contributed by atoms with E-state index in [1.54, 1.807) is 0 Å². The van der Waals surface area contributed by atoms with Crippen LogP contribution in [0.2, 0.25) is 0 Å². The number of hydrogen-bond donors (Lipinski definition) is 1. The highest BCUT2D eigenvalue weighted by Crippen LogP contribution is 2.31. The molecule has 1 heterocycles. The van der Waals surface area contributed by atoms with E-state index in [2.05, 4.69) is 0 Å². The van der Waals surface area contributed by atoms with E-state index in [1.165, 1.54) is 6.07 Å². The zero-order chi connectivity index (χ0) is 10.9. The van der Waals surface area contributed by atoms with E-state index in [9.17, 15) is 8.78 Å². The van der Waals surface area contributed by atoms with Crippen molar-refractivity contribution in [3.8, 4) is 0 Å². The molecule has 0 spiro atoms. The molecule has 2 nitrogen and oxygen atoms in total. The Bertz CT molecular complexity index is 362. The highest BCUT2D eigenvalue weighted by molar-refractivity contribution is 5.27. The van der Waals surface area contributed by atoms with Gasteiger partial charge in [-0.1, -0.05) is 0 Å². The van der Waals surface area contributed by atoms with Gasteiger partial charge in [-0.15, -0.1) is 0 Å². The van der Waals surface area contributed by atoms with Crippen molar-refractivity contribution in [2.45, 2.75) is 18.4 Å². The van der Waals surface area contributed by atoms with Crippen molar-refractivity contribution in [1.82, 2.24) is 0 Å². The van der Waals surface area contributed by atoms with Crippen LogP contribution in [0.4, 0.5) is 8.78 Å². The molecule has 0 aliphatic carbocycles. The summed E-state index contributed by atoms with van der Waals surface area (Å²) in [5.41, 5.74) is 5.53. The average Bonchev–Trinajstić information content (AvgIpc) is 2.23. The molecule has 0 amide bonds. The van der Waals surface area contributed by atoms with Gasteiger partial charge < -0.3 is 10.5 Å². The highest BCUT2D eigenvalue weighted by Gasteiger charge is 2.32. The van der Waals surface area contributed by atoms with Crippen LogP contribution in [0.3, 0.4) is 0 Å². The van der Waals surface area contributed by atoms with Gasteiger partial charge in [0, 0.05) is 24.3 Å². The Morgan fingerprint density at radius 3 is 2.53 bits per heavy atom. The Morgan fingerprint density at radius 2 is 1.87 bits per heavy atom. The fourth-order valence-electron chi connectivity index (χ4n) is 1.88. The van der Waals surface area contributed by atoms with Gasteiger partial charge in [-0.05, 0) is 31.0 Å². The van der Waals surface area contributed by atoms with Gasteiger partial charge in [0.25, 0.3) is 0 Å². The van der Waals surface area contributed by atoms with Gasteiger partial charge >= 0.3 is 0 Å². The minimum absolute atomic E-state index is 0.255. The van der Waals surface area contributed by atoms with Gasteiger partial charge in [0.05, 0.1) is 0 Å². The molecule has 0 saturated carbocycles. The summed E-state index contributed by atoms with van der Waals surface area (Å²) in [5.74, 6) is -0.900. The van der Waals surface area contributed by atoms with Crippen LogP contribution in [0.1, 0.15) is 18.4 Å². The summed E-state index contributed by atoms with van der Waals surface area (Å²) in [7, 11) is 0. The summed E-state index contributed by atoms with van der Waals surface area (Å²) >= 11 is 0. The lowest BCUT2D eigenvalue weighted by Crippen LogP contribution is -2.42. The maximum Gasteiger partial charge on any atom is 0.128 e. The Balaban J connectivity index is 2.38. The molecular weight excluding hydrogens is 200 g/mol. The summed E-state index contributed by atoms with van der Waals surface area (Å²) in [4.78, 5) is 0. The highest BCUT2D eigenvalue weighted by atomic mass is 19.1. The zero-order valence-electron chi connectivity index (χ0n) is 8.30. The van der Waals surface area contributed by atoms with Crippen LogP contribution in [0.25, 0.3) is 0 Å². The molecule has 0 bridgehead atoms. The van der Waals surface area contributed by atoms with Crippen LogP contribution >= 0.6 is 0 Å². The Labute approximate surface area is 87.0 Å². The predicted molar refractivity (Wildman–Crippen MR) is 52.3 cm³/mol. The number of rotatable bonds is 1. The van der Waals surface area contributed by atoms with Crippen molar-refractivity contribution >= 4 is 0 Å². The minimum atomic E-state index is -0.787. The summed E-state index contributed by atoms with van der Waals surface area (Å²) < 4.78 is 31.7. The third-order valence-electron chi connectivity index (χ3n) is 2.85. The number of hydrogen-bond acceptors (Lipinski definition) is 2. The van der Waals surface area contributed by atoms with E-state index in [0.29, 0.717) is 26.1 Å². The molecule has 0 aromatic heterocycles. The summed E-state index contributed by atoms with van der Waals surface area (Å²) in [6.45, 7) is 0.985. The fraction of sp³-hybridized carbons (Fsp3) is 0.455. The molecule has 1 aromatic carbocycles. The van der Waals surface area contributed by atoms with Crippen LogP contribution in [-0.4, -0.2) is 13.2 Å². The van der Waals surface area contributed by atoms with Gasteiger partial charge in [0.1, 0.15) is 11.6 Å². The van der Waals surface area contributed by atoms with Crippen LogP contribution < -0.4 is 5.73 Å². The SMILES string of the molecule is NC1(c2cc(F)ccc2F)CCOCC1. The summed E-state index contributed by atoms with van der Waals surface area (Å²) in [6.07, 6.45) is 1.04. The standard InChI is InChI=1S/C11H13F2NO/c12-8-1-2-10(13)9(7-8)11(14)3-5-15-6-4-11/h1-2,7H,3-6,14H2. The first kappa shape index (κ1) is 10.5. The molecule has 1 saturated heterocycles. The topological polar surface area (TPSA) is 35.2 Å². The normalized spacial score (nSPS) is 20.2. The molecule has 0 radical (unpaired) electrons. The maximum absolute atomic E-state index is 13.5. The second-order valence-electron chi connectivity index (χ2n) is 3.89. The minimum Gasteiger partial charge on any atom is -0.381 e. The van der Waals surface area contributed by atoms with Crippen molar-refractivity contribution in [3.05, 3.63) is 35.4 Å². The van der Waals surface area contributed by atoms with Gasteiger partial charge in [-0.2, -0.15) is 0 Å². The van der Waals surface area contributed by atoms with Crippen molar-refractivity contribution in [1.29, 1.82) is 0 Å². The Hall–Kier alpha value is -1.00. The van der Waals surface area contributed by atoms with Gasteiger partial charge in [-0.25, -0.2) is 8.78 Å². The average molecular weight is 213 g/mol. The molecule has 1 fully saturated rings. The summed E-state index contributed by atoms with van der Waals surface area (Å²) in [6, 6.07) is 3.40. The molecule has 4 heteroatoms. The van der Waals surface area contributed by atoms with Crippen LogP contribution in [-0.2, 0) is 10.3 Å². The first-order valence-electron chi connectivity index (χ1n) is 4.94. The molecule has 1 aliphatic heterocycles. The molecule has 15 heavy (non-hydrogen) atoms. The van der Waals surface area contributed by atoms with Crippen molar-refractivity contribution in [3.63, 3.8) is 0 Å². The second-order valence-corrected chi connectivity index (χ2v) is 3.89. The summed E-state index contributed by atoms with van der Waals surface area (Å²) in [5, 5.41) is 0. The monoisotopic (exact) mass is 213 g/mol. The predicted octanol–water partition coefficient (Wildman–Crippen LogP) is 1.93. The van der Waals surface area contributed by atoms with E-state index in [0.717, 1.165) is 12.1 Å². The first-order chi connectivity index (χ1) is 7.12. The number of nitrogens with two attached hydrogens (primary N) is 1. The van der Waals surface area contributed by atoms with E-state index in [1.807, 2.05) is 0 Å². The number of benzene rings is 1. The van der Waals surface area contributed by atoms with Gasteiger partial charge in [0.15, 0.2) is 0 Å². The quantitative estimate of drug-likeness (QED) is 0.773. The van der Waals surface area contributed by atoms with Crippen LogP contribution in [0.15, 0.2) is 18.2 Å². The maximum atomic E-state index is 13.5. The first-order valence-corrected chi connectivity index (χ1v) is 4.94. The molecular formula is C11H13F2NO. The lowest BCUT2D eigenvalue weighted by molar-refractivity contribution is 0.0509. The van der Waals surface area contributed by atoms with Gasteiger partial charge in [0.2, 0.25) is 0 Å². The third-order valence-corrected chi connectivity index (χ3v) is 2.85. The lowest BCUT2D eigenvalue weighted by Gasteiger charge is -2.34. The molecule has 0 unspecified atom stereocenters. The second kappa shape index (κ2) is 3.87. The Morgan fingerprint density at radius 1 is 1.20 bits per heavy atom. The van der Waals surface area contributed by atoms with E-state index in [4.69, 9.17) is 10.5 Å². The van der Waals surface area contributed by atoms with Crippen molar-refractivity contribution < 1.29 is 13.5 Å². The lowest BCUT2D eigenvalue weighted by atomic mass is 9.83.